The summed E-state index contributed by atoms with van der Waals surface area (Å²) in [7, 11) is 0. The van der Waals surface area contributed by atoms with E-state index in [9.17, 15) is 19.7 Å². The standard InChI is InChI=1S/C20H12N2O4/c23-19-16-6-1-2-7-17(16)20(24)21(19)18-8-4-3-5-15(18)13-9-11-14(12-10-13)22(25)26/h1-12H. The van der Waals surface area contributed by atoms with Gasteiger partial charge in [-0.1, -0.05) is 30.3 Å². The molecule has 6 heteroatoms. The molecule has 3 aromatic carbocycles. The Balaban J connectivity index is 1.81. The number of carbonyl (C=O) groups is 2. The second-order valence-electron chi connectivity index (χ2n) is 5.81. The van der Waals surface area contributed by atoms with E-state index in [1.54, 1.807) is 60.7 Å². The summed E-state index contributed by atoms with van der Waals surface area (Å²) in [6.45, 7) is 0. The molecule has 26 heavy (non-hydrogen) atoms. The van der Waals surface area contributed by atoms with Gasteiger partial charge in [-0.15, -0.1) is 0 Å². The smallest absolute Gasteiger partial charge is 0.268 e. The van der Waals surface area contributed by atoms with Gasteiger partial charge in [0.15, 0.2) is 0 Å². The van der Waals surface area contributed by atoms with Gasteiger partial charge in [-0.3, -0.25) is 19.7 Å². The van der Waals surface area contributed by atoms with Crippen LogP contribution >= 0.6 is 0 Å². The minimum atomic E-state index is -0.472. The largest absolute Gasteiger partial charge is 0.269 e. The molecule has 0 saturated heterocycles. The minimum Gasteiger partial charge on any atom is -0.268 e. The fourth-order valence-corrected chi connectivity index (χ4v) is 3.08. The monoisotopic (exact) mass is 344 g/mol. The molecule has 1 heterocycles. The number of para-hydroxylation sites is 1. The fourth-order valence-electron chi connectivity index (χ4n) is 3.08. The molecule has 0 bridgehead atoms. The maximum Gasteiger partial charge on any atom is 0.269 e. The van der Waals surface area contributed by atoms with Gasteiger partial charge in [-0.2, -0.15) is 0 Å². The number of non-ortho nitro benzene ring substituents is 1. The van der Waals surface area contributed by atoms with Crippen LogP contribution < -0.4 is 4.90 Å². The summed E-state index contributed by atoms with van der Waals surface area (Å²) in [5.74, 6) is -0.750. The van der Waals surface area contributed by atoms with Crippen molar-refractivity contribution >= 4 is 23.2 Å². The van der Waals surface area contributed by atoms with Crippen LogP contribution in [0.1, 0.15) is 20.7 Å². The molecular formula is C20H12N2O4. The van der Waals surface area contributed by atoms with Crippen LogP contribution in [-0.4, -0.2) is 16.7 Å². The number of nitrogens with zero attached hydrogens (tertiary/aromatic N) is 2. The number of nitro benzene ring substituents is 1. The first-order chi connectivity index (χ1) is 12.6. The van der Waals surface area contributed by atoms with Crippen LogP contribution in [0.15, 0.2) is 72.8 Å². The maximum atomic E-state index is 12.8. The highest BCUT2D eigenvalue weighted by Crippen LogP contribution is 2.36. The Hall–Kier alpha value is -3.80. The molecule has 0 aliphatic carbocycles. The van der Waals surface area contributed by atoms with E-state index in [0.29, 0.717) is 27.9 Å². The van der Waals surface area contributed by atoms with Gasteiger partial charge in [0.2, 0.25) is 0 Å². The molecule has 0 fully saturated rings. The van der Waals surface area contributed by atoms with E-state index >= 15 is 0 Å². The van der Waals surface area contributed by atoms with E-state index in [-0.39, 0.29) is 17.5 Å². The van der Waals surface area contributed by atoms with Gasteiger partial charge in [0, 0.05) is 17.7 Å². The van der Waals surface area contributed by atoms with Crippen LogP contribution in [0.4, 0.5) is 11.4 Å². The lowest BCUT2D eigenvalue weighted by molar-refractivity contribution is -0.384. The first-order valence-corrected chi connectivity index (χ1v) is 7.89. The summed E-state index contributed by atoms with van der Waals surface area (Å²) in [5.41, 5.74) is 2.51. The Morgan fingerprint density at radius 3 is 1.73 bits per heavy atom. The number of rotatable bonds is 3. The molecule has 0 N–H and O–H groups in total. The summed E-state index contributed by atoms with van der Waals surface area (Å²) in [4.78, 5) is 37.0. The van der Waals surface area contributed by atoms with E-state index in [0.717, 1.165) is 4.90 Å². The first kappa shape index (κ1) is 15.7. The average molecular weight is 344 g/mol. The number of hydrogen-bond acceptors (Lipinski definition) is 4. The zero-order valence-corrected chi connectivity index (χ0v) is 13.5. The van der Waals surface area contributed by atoms with Crippen LogP contribution in [-0.2, 0) is 0 Å². The predicted molar refractivity (Wildman–Crippen MR) is 96.1 cm³/mol. The Morgan fingerprint density at radius 2 is 1.19 bits per heavy atom. The number of fused-ring (bicyclic) bond motifs is 1. The second kappa shape index (κ2) is 5.93. The number of hydrogen-bond donors (Lipinski definition) is 0. The second-order valence-corrected chi connectivity index (χ2v) is 5.81. The molecule has 1 aliphatic heterocycles. The Morgan fingerprint density at radius 1 is 0.692 bits per heavy atom. The quantitative estimate of drug-likeness (QED) is 0.408. The van der Waals surface area contributed by atoms with Crippen molar-refractivity contribution in [2.75, 3.05) is 4.90 Å². The highest BCUT2D eigenvalue weighted by atomic mass is 16.6. The SMILES string of the molecule is O=C1c2ccccc2C(=O)N1c1ccccc1-c1ccc([N+](=O)[O-])cc1. The number of carbonyl (C=O) groups excluding carboxylic acids is 2. The third kappa shape index (κ3) is 2.36. The third-order valence-electron chi connectivity index (χ3n) is 4.33. The Bertz CT molecular complexity index is 1020. The summed E-state index contributed by atoms with van der Waals surface area (Å²) in [6.07, 6.45) is 0. The topological polar surface area (TPSA) is 80.5 Å². The summed E-state index contributed by atoms with van der Waals surface area (Å²) in [5, 5.41) is 10.8. The number of amides is 2. The summed E-state index contributed by atoms with van der Waals surface area (Å²) in [6, 6.07) is 19.7. The normalized spacial score (nSPS) is 13.0. The molecule has 3 aromatic rings. The Labute approximate surface area is 148 Å². The lowest BCUT2D eigenvalue weighted by Crippen LogP contribution is -2.29. The average Bonchev–Trinajstić information content (AvgIpc) is 2.93. The van der Waals surface area contributed by atoms with Gasteiger partial charge >= 0.3 is 0 Å². The van der Waals surface area contributed by atoms with Crippen LogP contribution in [0.3, 0.4) is 0 Å². The highest BCUT2D eigenvalue weighted by Gasteiger charge is 2.37. The minimum absolute atomic E-state index is 0.0213. The van der Waals surface area contributed by atoms with Crippen LogP contribution in [0, 0.1) is 10.1 Å². The van der Waals surface area contributed by atoms with Gasteiger partial charge < -0.3 is 0 Å². The highest BCUT2D eigenvalue weighted by molar-refractivity contribution is 6.35. The van der Waals surface area contributed by atoms with Crippen molar-refractivity contribution in [2.45, 2.75) is 0 Å². The Kier molecular flexibility index (Phi) is 3.58. The maximum absolute atomic E-state index is 12.8. The van der Waals surface area contributed by atoms with E-state index in [2.05, 4.69) is 0 Å². The van der Waals surface area contributed by atoms with Crippen molar-refractivity contribution in [1.82, 2.24) is 0 Å². The third-order valence-corrected chi connectivity index (χ3v) is 4.33. The lowest BCUT2D eigenvalue weighted by Gasteiger charge is -2.18. The van der Waals surface area contributed by atoms with E-state index in [1.165, 1.54) is 12.1 Å². The molecule has 2 amide bonds. The molecule has 0 aromatic heterocycles. The van der Waals surface area contributed by atoms with Crippen molar-refractivity contribution in [2.24, 2.45) is 0 Å². The summed E-state index contributed by atoms with van der Waals surface area (Å²) < 4.78 is 0. The van der Waals surface area contributed by atoms with Gasteiger partial charge in [0.1, 0.15) is 0 Å². The zero-order valence-electron chi connectivity index (χ0n) is 13.5. The molecule has 1 aliphatic rings. The van der Waals surface area contributed by atoms with Gasteiger partial charge in [0.05, 0.1) is 21.7 Å². The molecule has 0 atom stereocenters. The van der Waals surface area contributed by atoms with E-state index in [1.807, 2.05) is 0 Å². The molecule has 0 unspecified atom stereocenters. The summed E-state index contributed by atoms with van der Waals surface area (Å²) >= 11 is 0. The first-order valence-electron chi connectivity index (χ1n) is 7.89. The number of imide groups is 1. The van der Waals surface area contributed by atoms with Crippen molar-refractivity contribution in [1.29, 1.82) is 0 Å². The zero-order chi connectivity index (χ0) is 18.3. The van der Waals surface area contributed by atoms with Crippen LogP contribution in [0.25, 0.3) is 11.1 Å². The number of benzene rings is 3. The van der Waals surface area contributed by atoms with Gasteiger partial charge in [-0.05, 0) is 35.9 Å². The molecule has 126 valence electrons. The molecule has 6 nitrogen and oxygen atoms in total. The number of anilines is 1. The molecular weight excluding hydrogens is 332 g/mol. The molecule has 4 rings (SSSR count). The van der Waals surface area contributed by atoms with Crippen molar-refractivity contribution < 1.29 is 14.5 Å². The van der Waals surface area contributed by atoms with Gasteiger partial charge in [0.25, 0.3) is 17.5 Å². The van der Waals surface area contributed by atoms with Gasteiger partial charge in [-0.25, -0.2) is 4.90 Å². The molecule has 0 radical (unpaired) electrons. The number of nitro groups is 1. The molecule has 0 saturated carbocycles. The lowest BCUT2D eigenvalue weighted by atomic mass is 10.0. The van der Waals surface area contributed by atoms with Crippen LogP contribution in [0.2, 0.25) is 0 Å². The predicted octanol–water partition coefficient (Wildman–Crippen LogP) is 4.06. The van der Waals surface area contributed by atoms with Crippen molar-refractivity contribution in [3.05, 3.63) is 94.0 Å². The van der Waals surface area contributed by atoms with Crippen molar-refractivity contribution in [3.63, 3.8) is 0 Å². The van der Waals surface area contributed by atoms with E-state index in [4.69, 9.17) is 0 Å². The van der Waals surface area contributed by atoms with Crippen molar-refractivity contribution in [3.8, 4) is 11.1 Å². The molecule has 0 spiro atoms. The fraction of sp³-hybridized carbons (Fsp3) is 0. The van der Waals surface area contributed by atoms with E-state index < -0.39 is 4.92 Å². The van der Waals surface area contributed by atoms with Crippen LogP contribution in [0.5, 0.6) is 0 Å².